The third-order valence-corrected chi connectivity index (χ3v) is 3.33. The van der Waals surface area contributed by atoms with Gasteiger partial charge in [-0.15, -0.1) is 0 Å². The van der Waals surface area contributed by atoms with Crippen LogP contribution in [0.2, 0.25) is 0 Å². The number of amides is 1. The lowest BCUT2D eigenvalue weighted by Crippen LogP contribution is -2.24. The van der Waals surface area contributed by atoms with Gasteiger partial charge in [0.25, 0.3) is 0 Å². The van der Waals surface area contributed by atoms with Gasteiger partial charge in [-0.2, -0.15) is 0 Å². The van der Waals surface area contributed by atoms with Crippen LogP contribution in [0.15, 0.2) is 24.3 Å². The molecule has 1 aliphatic rings. The molecule has 0 unspecified atom stereocenters. The second kappa shape index (κ2) is 5.80. The molecule has 3 heteroatoms. The van der Waals surface area contributed by atoms with Crippen LogP contribution in [-0.4, -0.2) is 5.91 Å². The fourth-order valence-corrected chi connectivity index (χ4v) is 2.40. The van der Waals surface area contributed by atoms with Crippen LogP contribution in [0, 0.1) is 11.7 Å². The first-order valence-corrected chi connectivity index (χ1v) is 6.25. The standard InChI is InChI=1S/C14H18FNO/c15-13-7-3-6-12(8-13)10-16-14(17)9-11-4-1-2-5-11/h3,6-8,11H,1-2,4-5,9-10H2,(H,16,17). The van der Waals surface area contributed by atoms with Gasteiger partial charge in [0.15, 0.2) is 0 Å². The van der Waals surface area contributed by atoms with Gasteiger partial charge in [-0.25, -0.2) is 4.39 Å². The predicted molar refractivity (Wildman–Crippen MR) is 64.8 cm³/mol. The van der Waals surface area contributed by atoms with E-state index in [1.54, 1.807) is 6.07 Å². The van der Waals surface area contributed by atoms with Crippen molar-refractivity contribution >= 4 is 5.91 Å². The number of rotatable bonds is 4. The molecule has 1 N–H and O–H groups in total. The Labute approximate surface area is 101 Å². The van der Waals surface area contributed by atoms with E-state index in [0.717, 1.165) is 5.56 Å². The molecule has 0 atom stereocenters. The highest BCUT2D eigenvalue weighted by atomic mass is 19.1. The van der Waals surface area contributed by atoms with Crippen LogP contribution in [0.1, 0.15) is 37.7 Å². The van der Waals surface area contributed by atoms with Crippen LogP contribution < -0.4 is 5.32 Å². The van der Waals surface area contributed by atoms with Gasteiger partial charge in [-0.05, 0) is 36.5 Å². The van der Waals surface area contributed by atoms with Gasteiger partial charge in [-0.1, -0.05) is 25.0 Å². The SMILES string of the molecule is O=C(CC1CCCC1)NCc1cccc(F)c1. The van der Waals surface area contributed by atoms with Crippen LogP contribution in [-0.2, 0) is 11.3 Å². The lowest BCUT2D eigenvalue weighted by Gasteiger charge is -2.09. The van der Waals surface area contributed by atoms with Crippen molar-refractivity contribution in [2.75, 3.05) is 0 Å². The molecule has 1 aromatic carbocycles. The second-order valence-corrected chi connectivity index (χ2v) is 4.76. The van der Waals surface area contributed by atoms with E-state index in [9.17, 15) is 9.18 Å². The van der Waals surface area contributed by atoms with Gasteiger partial charge in [0, 0.05) is 13.0 Å². The van der Waals surface area contributed by atoms with Crippen LogP contribution in [0.5, 0.6) is 0 Å². The minimum Gasteiger partial charge on any atom is -0.352 e. The van der Waals surface area contributed by atoms with E-state index >= 15 is 0 Å². The molecule has 0 heterocycles. The Kier molecular flexibility index (Phi) is 4.13. The fraction of sp³-hybridized carbons (Fsp3) is 0.500. The molecule has 92 valence electrons. The molecule has 1 saturated carbocycles. The van der Waals surface area contributed by atoms with Gasteiger partial charge in [0.05, 0.1) is 0 Å². The Bertz CT molecular complexity index is 386. The number of halogens is 1. The molecule has 0 radical (unpaired) electrons. The van der Waals surface area contributed by atoms with E-state index in [0.29, 0.717) is 18.9 Å². The van der Waals surface area contributed by atoms with Gasteiger partial charge in [0.2, 0.25) is 5.91 Å². The summed E-state index contributed by atoms with van der Waals surface area (Å²) in [6.07, 6.45) is 5.47. The van der Waals surface area contributed by atoms with Crippen molar-refractivity contribution in [1.82, 2.24) is 5.32 Å². The third kappa shape index (κ3) is 3.84. The van der Waals surface area contributed by atoms with E-state index in [1.165, 1.54) is 37.8 Å². The number of nitrogens with one attached hydrogen (secondary N) is 1. The Morgan fingerprint density at radius 2 is 2.12 bits per heavy atom. The van der Waals surface area contributed by atoms with E-state index in [-0.39, 0.29) is 11.7 Å². The van der Waals surface area contributed by atoms with Gasteiger partial charge < -0.3 is 5.32 Å². The topological polar surface area (TPSA) is 29.1 Å². The second-order valence-electron chi connectivity index (χ2n) is 4.76. The van der Waals surface area contributed by atoms with E-state index in [4.69, 9.17) is 0 Å². The molecular formula is C14H18FNO. The zero-order valence-corrected chi connectivity index (χ0v) is 9.92. The first kappa shape index (κ1) is 12.1. The van der Waals surface area contributed by atoms with Crippen molar-refractivity contribution in [1.29, 1.82) is 0 Å². The zero-order valence-electron chi connectivity index (χ0n) is 9.92. The minimum absolute atomic E-state index is 0.0844. The molecule has 17 heavy (non-hydrogen) atoms. The molecular weight excluding hydrogens is 217 g/mol. The number of hydrogen-bond donors (Lipinski definition) is 1. The zero-order chi connectivity index (χ0) is 12.1. The molecule has 0 spiro atoms. The van der Waals surface area contributed by atoms with Gasteiger partial charge in [-0.3, -0.25) is 4.79 Å². The normalized spacial score (nSPS) is 16.1. The Balaban J connectivity index is 1.75. The van der Waals surface area contributed by atoms with Gasteiger partial charge >= 0.3 is 0 Å². The van der Waals surface area contributed by atoms with E-state index in [1.807, 2.05) is 6.07 Å². The smallest absolute Gasteiger partial charge is 0.220 e. The first-order valence-electron chi connectivity index (χ1n) is 6.25. The summed E-state index contributed by atoms with van der Waals surface area (Å²) in [7, 11) is 0. The summed E-state index contributed by atoms with van der Waals surface area (Å²) in [5.41, 5.74) is 0.810. The monoisotopic (exact) mass is 235 g/mol. The van der Waals surface area contributed by atoms with Crippen molar-refractivity contribution in [2.45, 2.75) is 38.6 Å². The lowest BCUT2D eigenvalue weighted by molar-refractivity contribution is -0.122. The molecule has 1 aromatic rings. The Morgan fingerprint density at radius 1 is 1.35 bits per heavy atom. The maximum atomic E-state index is 12.9. The van der Waals surface area contributed by atoms with Gasteiger partial charge in [0.1, 0.15) is 5.82 Å². The number of carbonyl (C=O) groups excluding carboxylic acids is 1. The van der Waals surface area contributed by atoms with Crippen molar-refractivity contribution in [3.05, 3.63) is 35.6 Å². The average molecular weight is 235 g/mol. The summed E-state index contributed by atoms with van der Waals surface area (Å²) in [4.78, 5) is 11.7. The lowest BCUT2D eigenvalue weighted by atomic mass is 10.0. The van der Waals surface area contributed by atoms with Crippen LogP contribution >= 0.6 is 0 Å². The molecule has 0 saturated heterocycles. The van der Waals surface area contributed by atoms with E-state index < -0.39 is 0 Å². The summed E-state index contributed by atoms with van der Waals surface area (Å²) in [6.45, 7) is 0.420. The maximum absolute atomic E-state index is 12.9. The highest BCUT2D eigenvalue weighted by Crippen LogP contribution is 2.27. The molecule has 2 rings (SSSR count). The molecule has 0 bridgehead atoms. The van der Waals surface area contributed by atoms with Crippen LogP contribution in [0.4, 0.5) is 4.39 Å². The van der Waals surface area contributed by atoms with E-state index in [2.05, 4.69) is 5.32 Å². The number of carbonyl (C=O) groups is 1. The van der Waals surface area contributed by atoms with Crippen molar-refractivity contribution in [2.24, 2.45) is 5.92 Å². The maximum Gasteiger partial charge on any atom is 0.220 e. The number of hydrogen-bond acceptors (Lipinski definition) is 1. The summed E-state index contributed by atoms with van der Waals surface area (Å²) >= 11 is 0. The molecule has 0 aliphatic heterocycles. The van der Waals surface area contributed by atoms with Crippen LogP contribution in [0.25, 0.3) is 0 Å². The van der Waals surface area contributed by atoms with Crippen molar-refractivity contribution in [3.63, 3.8) is 0 Å². The average Bonchev–Trinajstić information content (AvgIpc) is 2.79. The fourth-order valence-electron chi connectivity index (χ4n) is 2.40. The van der Waals surface area contributed by atoms with Crippen LogP contribution in [0.3, 0.4) is 0 Å². The summed E-state index contributed by atoms with van der Waals surface area (Å²) in [5.74, 6) is 0.385. The molecule has 1 aliphatic carbocycles. The Morgan fingerprint density at radius 3 is 2.82 bits per heavy atom. The minimum atomic E-state index is -0.257. The highest BCUT2D eigenvalue weighted by molar-refractivity contribution is 5.76. The van der Waals surface area contributed by atoms with Crippen molar-refractivity contribution in [3.8, 4) is 0 Å². The molecule has 1 fully saturated rings. The summed E-state index contributed by atoms with van der Waals surface area (Å²) < 4.78 is 12.9. The first-order chi connectivity index (χ1) is 8.24. The highest BCUT2D eigenvalue weighted by Gasteiger charge is 2.17. The molecule has 2 nitrogen and oxygen atoms in total. The molecule has 0 aromatic heterocycles. The third-order valence-electron chi connectivity index (χ3n) is 3.33. The molecule has 1 amide bonds. The predicted octanol–water partition coefficient (Wildman–Crippen LogP) is 3.02. The summed E-state index contributed by atoms with van der Waals surface area (Å²) in [6, 6.07) is 6.34. The largest absolute Gasteiger partial charge is 0.352 e. The van der Waals surface area contributed by atoms with Crippen molar-refractivity contribution < 1.29 is 9.18 Å². The quantitative estimate of drug-likeness (QED) is 0.854. The number of benzene rings is 1. The Hall–Kier alpha value is -1.38. The summed E-state index contributed by atoms with van der Waals surface area (Å²) in [5, 5.41) is 2.85.